The fraction of sp³-hybridized carbons (Fsp3) is 0.588. The zero-order valence-electron chi connectivity index (χ0n) is 12.5. The molecule has 110 valence electrons. The largest absolute Gasteiger partial charge is 0.303 e. The normalized spacial score (nSPS) is 17.4. The Morgan fingerprint density at radius 3 is 2.65 bits per heavy atom. The molecular formula is C17H24FNO. The molecule has 0 amide bonds. The Kier molecular flexibility index (Phi) is 5.30. The maximum absolute atomic E-state index is 13.5. The summed E-state index contributed by atoms with van der Waals surface area (Å²) in [4.78, 5) is 14.4. The Labute approximate surface area is 121 Å². The van der Waals surface area contributed by atoms with Crippen molar-refractivity contribution in [3.05, 3.63) is 35.1 Å². The highest BCUT2D eigenvalue weighted by atomic mass is 19.1. The Morgan fingerprint density at radius 2 is 2.05 bits per heavy atom. The standard InChI is InChI=1S/C17H24FNO/c1-3-14-6-9-19(10-7-14)11-8-17(20)15-5-4-13(2)16(18)12-15/h4-5,12,14H,3,6-11H2,1-2H3. The molecule has 1 aliphatic rings. The van der Waals surface area contributed by atoms with Crippen molar-refractivity contribution in [3.8, 4) is 0 Å². The molecule has 0 atom stereocenters. The molecule has 0 radical (unpaired) electrons. The second-order valence-corrected chi connectivity index (χ2v) is 5.83. The van der Waals surface area contributed by atoms with Gasteiger partial charge >= 0.3 is 0 Å². The molecule has 1 heterocycles. The first kappa shape index (κ1) is 15.2. The van der Waals surface area contributed by atoms with Gasteiger partial charge in [-0.1, -0.05) is 25.5 Å². The number of likely N-dealkylation sites (tertiary alicyclic amines) is 1. The van der Waals surface area contributed by atoms with Crippen LogP contribution < -0.4 is 0 Å². The predicted octanol–water partition coefficient (Wildman–Crippen LogP) is 3.83. The third-order valence-corrected chi connectivity index (χ3v) is 4.43. The number of nitrogens with zero attached hydrogens (tertiary/aromatic N) is 1. The van der Waals surface area contributed by atoms with E-state index in [4.69, 9.17) is 0 Å². The molecule has 0 bridgehead atoms. The summed E-state index contributed by atoms with van der Waals surface area (Å²) in [5.74, 6) is 0.606. The molecule has 0 N–H and O–H groups in total. The van der Waals surface area contributed by atoms with E-state index >= 15 is 0 Å². The van der Waals surface area contributed by atoms with Crippen LogP contribution in [-0.4, -0.2) is 30.3 Å². The van der Waals surface area contributed by atoms with E-state index in [1.165, 1.54) is 25.3 Å². The van der Waals surface area contributed by atoms with Crippen LogP contribution in [-0.2, 0) is 0 Å². The van der Waals surface area contributed by atoms with Crippen LogP contribution in [0.3, 0.4) is 0 Å². The van der Waals surface area contributed by atoms with Gasteiger partial charge in [0.25, 0.3) is 0 Å². The molecule has 0 aliphatic carbocycles. The Hall–Kier alpha value is -1.22. The Bertz CT molecular complexity index is 464. The van der Waals surface area contributed by atoms with E-state index in [-0.39, 0.29) is 11.6 Å². The van der Waals surface area contributed by atoms with Crippen molar-refractivity contribution in [2.45, 2.75) is 39.5 Å². The molecule has 1 fully saturated rings. The number of aryl methyl sites for hydroxylation is 1. The van der Waals surface area contributed by atoms with Gasteiger partial charge < -0.3 is 4.90 Å². The summed E-state index contributed by atoms with van der Waals surface area (Å²) in [6.07, 6.45) is 4.22. The van der Waals surface area contributed by atoms with Crippen molar-refractivity contribution in [1.82, 2.24) is 4.90 Å². The highest BCUT2D eigenvalue weighted by Gasteiger charge is 2.18. The molecule has 2 nitrogen and oxygen atoms in total. The van der Waals surface area contributed by atoms with Gasteiger partial charge in [0, 0.05) is 18.5 Å². The third-order valence-electron chi connectivity index (χ3n) is 4.43. The van der Waals surface area contributed by atoms with Crippen molar-refractivity contribution in [1.29, 1.82) is 0 Å². The minimum Gasteiger partial charge on any atom is -0.303 e. The quantitative estimate of drug-likeness (QED) is 0.762. The molecule has 0 spiro atoms. The number of rotatable bonds is 5. The zero-order valence-corrected chi connectivity index (χ0v) is 12.5. The lowest BCUT2D eigenvalue weighted by Gasteiger charge is -2.31. The maximum Gasteiger partial charge on any atom is 0.164 e. The van der Waals surface area contributed by atoms with Gasteiger partial charge in [-0.15, -0.1) is 0 Å². The van der Waals surface area contributed by atoms with Crippen LogP contribution in [0.15, 0.2) is 18.2 Å². The summed E-state index contributed by atoms with van der Waals surface area (Å²) in [6.45, 7) is 6.93. The summed E-state index contributed by atoms with van der Waals surface area (Å²) in [7, 11) is 0. The van der Waals surface area contributed by atoms with Crippen molar-refractivity contribution in [3.63, 3.8) is 0 Å². The number of carbonyl (C=O) groups excluding carboxylic acids is 1. The van der Waals surface area contributed by atoms with Gasteiger partial charge in [0.05, 0.1) is 0 Å². The number of halogens is 1. The molecule has 1 aromatic carbocycles. The fourth-order valence-corrected chi connectivity index (χ4v) is 2.79. The van der Waals surface area contributed by atoms with E-state index in [1.807, 2.05) is 0 Å². The molecule has 3 heteroatoms. The molecular weight excluding hydrogens is 253 g/mol. The topological polar surface area (TPSA) is 20.3 Å². The summed E-state index contributed by atoms with van der Waals surface area (Å²) in [6, 6.07) is 4.76. The Balaban J connectivity index is 1.82. The summed E-state index contributed by atoms with van der Waals surface area (Å²) >= 11 is 0. The molecule has 20 heavy (non-hydrogen) atoms. The second kappa shape index (κ2) is 6.98. The van der Waals surface area contributed by atoms with E-state index < -0.39 is 0 Å². The van der Waals surface area contributed by atoms with E-state index in [0.29, 0.717) is 17.5 Å². The van der Waals surface area contributed by atoms with E-state index in [1.54, 1.807) is 19.1 Å². The third kappa shape index (κ3) is 3.89. The average Bonchev–Trinajstić information content (AvgIpc) is 2.48. The number of hydrogen-bond donors (Lipinski definition) is 0. The lowest BCUT2D eigenvalue weighted by Crippen LogP contribution is -2.35. The van der Waals surface area contributed by atoms with Crippen LogP contribution in [0.4, 0.5) is 4.39 Å². The van der Waals surface area contributed by atoms with Gasteiger partial charge in [-0.25, -0.2) is 4.39 Å². The summed E-state index contributed by atoms with van der Waals surface area (Å²) in [5, 5.41) is 0. The lowest BCUT2D eigenvalue weighted by molar-refractivity contribution is 0.0950. The van der Waals surface area contributed by atoms with Crippen LogP contribution in [0.25, 0.3) is 0 Å². The van der Waals surface area contributed by atoms with Gasteiger partial charge in [-0.3, -0.25) is 4.79 Å². The van der Waals surface area contributed by atoms with E-state index in [2.05, 4.69) is 11.8 Å². The van der Waals surface area contributed by atoms with Crippen LogP contribution >= 0.6 is 0 Å². The highest BCUT2D eigenvalue weighted by molar-refractivity contribution is 5.96. The van der Waals surface area contributed by atoms with Gasteiger partial charge in [-0.2, -0.15) is 0 Å². The summed E-state index contributed by atoms with van der Waals surface area (Å²) < 4.78 is 13.5. The monoisotopic (exact) mass is 277 g/mol. The van der Waals surface area contributed by atoms with E-state index in [9.17, 15) is 9.18 Å². The van der Waals surface area contributed by atoms with Crippen LogP contribution in [0.2, 0.25) is 0 Å². The molecule has 0 saturated carbocycles. The minimum absolute atomic E-state index is 0.0431. The summed E-state index contributed by atoms with van der Waals surface area (Å²) in [5.41, 5.74) is 1.08. The molecule has 1 aromatic rings. The molecule has 1 aliphatic heterocycles. The van der Waals surface area contributed by atoms with Gasteiger partial charge in [0.1, 0.15) is 5.82 Å². The van der Waals surface area contributed by atoms with Crippen LogP contribution in [0, 0.1) is 18.7 Å². The first-order valence-corrected chi connectivity index (χ1v) is 7.62. The predicted molar refractivity (Wildman–Crippen MR) is 79.5 cm³/mol. The van der Waals surface area contributed by atoms with Gasteiger partial charge in [-0.05, 0) is 50.4 Å². The number of carbonyl (C=O) groups is 1. The fourth-order valence-electron chi connectivity index (χ4n) is 2.79. The SMILES string of the molecule is CCC1CCN(CCC(=O)c2ccc(C)c(F)c2)CC1. The molecule has 1 saturated heterocycles. The van der Waals surface area contributed by atoms with Crippen LogP contribution in [0.1, 0.15) is 48.5 Å². The molecule has 0 aromatic heterocycles. The van der Waals surface area contributed by atoms with Crippen molar-refractivity contribution in [2.75, 3.05) is 19.6 Å². The number of Topliss-reactive ketones (excluding diaryl/α,β-unsaturated/α-hetero) is 1. The zero-order chi connectivity index (χ0) is 14.5. The number of piperidine rings is 1. The number of benzene rings is 1. The smallest absolute Gasteiger partial charge is 0.164 e. The lowest BCUT2D eigenvalue weighted by atomic mass is 9.94. The highest BCUT2D eigenvalue weighted by Crippen LogP contribution is 2.20. The maximum atomic E-state index is 13.5. The molecule has 2 rings (SSSR count). The van der Waals surface area contributed by atoms with Crippen molar-refractivity contribution >= 4 is 5.78 Å². The number of ketones is 1. The average molecular weight is 277 g/mol. The van der Waals surface area contributed by atoms with Gasteiger partial charge in [0.15, 0.2) is 5.78 Å². The molecule has 0 unspecified atom stereocenters. The van der Waals surface area contributed by atoms with Crippen molar-refractivity contribution < 1.29 is 9.18 Å². The van der Waals surface area contributed by atoms with Crippen molar-refractivity contribution in [2.24, 2.45) is 5.92 Å². The van der Waals surface area contributed by atoms with E-state index in [0.717, 1.165) is 25.6 Å². The number of hydrogen-bond acceptors (Lipinski definition) is 2. The first-order valence-electron chi connectivity index (χ1n) is 7.62. The van der Waals surface area contributed by atoms with Crippen LogP contribution in [0.5, 0.6) is 0 Å². The Morgan fingerprint density at radius 1 is 1.35 bits per heavy atom. The van der Waals surface area contributed by atoms with Gasteiger partial charge in [0.2, 0.25) is 0 Å². The first-order chi connectivity index (χ1) is 9.60. The second-order valence-electron chi connectivity index (χ2n) is 5.83. The minimum atomic E-state index is -0.292.